The minimum Gasteiger partial charge on any atom is -0.365 e. The monoisotopic (exact) mass is 357 g/mol. The molecule has 0 aliphatic carbocycles. The normalized spacial score (nSPS) is 14.0. The minimum atomic E-state index is -0.524. The number of thiophene rings is 1. The van der Waals surface area contributed by atoms with Crippen molar-refractivity contribution in [3.8, 4) is 0 Å². The third-order valence-electron chi connectivity index (χ3n) is 4.27. The Bertz CT molecular complexity index is 855. The number of carbonyl (C=O) groups is 3. The first-order chi connectivity index (χ1) is 11.9. The second-order valence-electron chi connectivity index (χ2n) is 6.15. The summed E-state index contributed by atoms with van der Waals surface area (Å²) < 4.78 is 0. The van der Waals surface area contributed by atoms with Crippen LogP contribution < -0.4 is 11.1 Å². The van der Waals surface area contributed by atoms with E-state index in [2.05, 4.69) is 10.2 Å². The van der Waals surface area contributed by atoms with E-state index in [1.54, 1.807) is 24.3 Å². The van der Waals surface area contributed by atoms with E-state index < -0.39 is 5.91 Å². The molecule has 25 heavy (non-hydrogen) atoms. The van der Waals surface area contributed by atoms with E-state index in [1.807, 2.05) is 7.05 Å². The summed E-state index contributed by atoms with van der Waals surface area (Å²) in [6, 6.07) is 6.41. The Labute approximate surface area is 149 Å². The first-order valence-electron chi connectivity index (χ1n) is 7.92. The van der Waals surface area contributed by atoms with Gasteiger partial charge in [-0.05, 0) is 38.1 Å². The van der Waals surface area contributed by atoms with Crippen LogP contribution in [0.3, 0.4) is 0 Å². The Morgan fingerprint density at radius 2 is 1.80 bits per heavy atom. The fourth-order valence-corrected chi connectivity index (χ4v) is 4.24. The smallest absolute Gasteiger partial charge is 0.256 e. The van der Waals surface area contributed by atoms with Gasteiger partial charge in [-0.15, -0.1) is 11.3 Å². The van der Waals surface area contributed by atoms with Crippen molar-refractivity contribution in [1.29, 1.82) is 0 Å². The molecule has 0 saturated carbocycles. The Balaban J connectivity index is 1.88. The van der Waals surface area contributed by atoms with Crippen molar-refractivity contribution in [3.05, 3.63) is 51.4 Å². The second kappa shape index (κ2) is 6.78. The van der Waals surface area contributed by atoms with E-state index in [-0.39, 0.29) is 11.7 Å². The van der Waals surface area contributed by atoms with Crippen LogP contribution in [0.25, 0.3) is 0 Å². The minimum absolute atomic E-state index is 0.0574. The Morgan fingerprint density at radius 3 is 2.40 bits per heavy atom. The molecule has 2 amide bonds. The molecule has 1 aliphatic heterocycles. The molecule has 2 aromatic rings. The van der Waals surface area contributed by atoms with Gasteiger partial charge in [0.1, 0.15) is 5.00 Å². The zero-order valence-corrected chi connectivity index (χ0v) is 14.9. The summed E-state index contributed by atoms with van der Waals surface area (Å²) in [5.41, 5.74) is 7.88. The standard InChI is InChI=1S/C18H19N3O3S/c1-10(22)11-3-5-12(6-4-11)17(24)20-18-15(16(19)23)13-7-8-21(2)9-14(13)25-18/h3-6H,7-9H2,1-2H3,(H2,19,23)(H,20,24). The van der Waals surface area contributed by atoms with Crippen molar-refractivity contribution < 1.29 is 14.4 Å². The maximum absolute atomic E-state index is 12.5. The molecular formula is C18H19N3O3S. The third kappa shape index (κ3) is 3.47. The number of likely N-dealkylation sites (N-methyl/N-ethyl adjacent to an activating group) is 1. The van der Waals surface area contributed by atoms with Crippen LogP contribution in [0, 0.1) is 0 Å². The van der Waals surface area contributed by atoms with Gasteiger partial charge in [-0.3, -0.25) is 14.4 Å². The molecule has 1 aromatic carbocycles. The number of rotatable bonds is 4. The number of carbonyl (C=O) groups excluding carboxylic acids is 3. The van der Waals surface area contributed by atoms with E-state index in [9.17, 15) is 14.4 Å². The molecule has 0 radical (unpaired) electrons. The van der Waals surface area contributed by atoms with Gasteiger partial charge >= 0.3 is 0 Å². The van der Waals surface area contributed by atoms with E-state index in [4.69, 9.17) is 5.73 Å². The van der Waals surface area contributed by atoms with E-state index in [0.717, 1.165) is 30.0 Å². The lowest BCUT2D eigenvalue weighted by molar-refractivity contribution is 0.0995. The summed E-state index contributed by atoms with van der Waals surface area (Å²) in [5, 5.41) is 3.30. The first kappa shape index (κ1) is 17.3. The van der Waals surface area contributed by atoms with Crippen LogP contribution in [0.15, 0.2) is 24.3 Å². The molecule has 1 aromatic heterocycles. The maximum atomic E-state index is 12.5. The number of nitrogens with two attached hydrogens (primary N) is 1. The van der Waals surface area contributed by atoms with Gasteiger partial charge in [0.2, 0.25) is 0 Å². The molecule has 3 N–H and O–H groups in total. The average molecular weight is 357 g/mol. The fraction of sp³-hybridized carbons (Fsp3) is 0.278. The second-order valence-corrected chi connectivity index (χ2v) is 7.25. The van der Waals surface area contributed by atoms with Gasteiger partial charge in [0.25, 0.3) is 11.8 Å². The molecular weight excluding hydrogens is 338 g/mol. The Morgan fingerprint density at radius 1 is 1.16 bits per heavy atom. The SMILES string of the molecule is CC(=O)c1ccc(C(=O)Nc2sc3c(c2C(N)=O)CCN(C)C3)cc1. The number of fused-ring (bicyclic) bond motifs is 1. The number of nitrogens with zero attached hydrogens (tertiary/aromatic N) is 1. The number of hydrogen-bond acceptors (Lipinski definition) is 5. The van der Waals surface area contributed by atoms with Gasteiger partial charge in [0, 0.05) is 29.1 Å². The zero-order chi connectivity index (χ0) is 18.1. The van der Waals surface area contributed by atoms with Crippen LogP contribution in [-0.4, -0.2) is 36.1 Å². The van der Waals surface area contributed by atoms with E-state index in [0.29, 0.717) is 21.7 Å². The number of nitrogens with one attached hydrogen (secondary N) is 1. The van der Waals surface area contributed by atoms with Crippen molar-refractivity contribution in [2.45, 2.75) is 19.9 Å². The lowest BCUT2D eigenvalue weighted by Crippen LogP contribution is -2.27. The van der Waals surface area contributed by atoms with E-state index in [1.165, 1.54) is 18.3 Å². The highest BCUT2D eigenvalue weighted by Gasteiger charge is 2.26. The molecule has 3 rings (SSSR count). The molecule has 1 aliphatic rings. The van der Waals surface area contributed by atoms with Crippen LogP contribution in [0.2, 0.25) is 0 Å². The summed E-state index contributed by atoms with van der Waals surface area (Å²) in [7, 11) is 2.02. The zero-order valence-electron chi connectivity index (χ0n) is 14.1. The van der Waals surface area contributed by atoms with Gasteiger partial charge in [-0.25, -0.2) is 0 Å². The Kier molecular flexibility index (Phi) is 4.69. The average Bonchev–Trinajstić information content (AvgIpc) is 2.91. The molecule has 6 nitrogen and oxygen atoms in total. The van der Waals surface area contributed by atoms with Crippen molar-refractivity contribution in [2.75, 3.05) is 18.9 Å². The maximum Gasteiger partial charge on any atom is 0.256 e. The number of anilines is 1. The number of benzene rings is 1. The quantitative estimate of drug-likeness (QED) is 0.821. The van der Waals surface area contributed by atoms with Crippen molar-refractivity contribution in [3.63, 3.8) is 0 Å². The van der Waals surface area contributed by atoms with Crippen LogP contribution in [0.1, 0.15) is 48.4 Å². The summed E-state index contributed by atoms with van der Waals surface area (Å²) >= 11 is 1.40. The van der Waals surface area contributed by atoms with Gasteiger partial charge in [0.05, 0.1) is 5.56 Å². The number of hydrogen-bond donors (Lipinski definition) is 2. The van der Waals surface area contributed by atoms with Crippen LogP contribution in [-0.2, 0) is 13.0 Å². The molecule has 0 bridgehead atoms. The molecule has 0 fully saturated rings. The third-order valence-corrected chi connectivity index (χ3v) is 5.41. The topological polar surface area (TPSA) is 92.5 Å². The van der Waals surface area contributed by atoms with Gasteiger partial charge in [-0.1, -0.05) is 12.1 Å². The van der Waals surface area contributed by atoms with Crippen LogP contribution in [0.5, 0.6) is 0 Å². The predicted molar refractivity (Wildman–Crippen MR) is 97.3 cm³/mol. The lowest BCUT2D eigenvalue weighted by Gasteiger charge is -2.22. The molecule has 2 heterocycles. The largest absolute Gasteiger partial charge is 0.365 e. The van der Waals surface area contributed by atoms with Gasteiger partial charge in [-0.2, -0.15) is 0 Å². The number of amides is 2. The highest BCUT2D eigenvalue weighted by Crippen LogP contribution is 2.36. The highest BCUT2D eigenvalue weighted by molar-refractivity contribution is 7.17. The number of ketones is 1. The van der Waals surface area contributed by atoms with Gasteiger partial charge in [0.15, 0.2) is 5.78 Å². The predicted octanol–water partition coefficient (Wildman–Crippen LogP) is 2.29. The molecule has 0 atom stereocenters. The lowest BCUT2D eigenvalue weighted by atomic mass is 10.0. The molecule has 7 heteroatoms. The fourth-order valence-electron chi connectivity index (χ4n) is 2.91. The van der Waals surface area contributed by atoms with Gasteiger partial charge < -0.3 is 16.0 Å². The van der Waals surface area contributed by atoms with Crippen molar-refractivity contribution >= 4 is 33.9 Å². The van der Waals surface area contributed by atoms with Crippen molar-refractivity contribution in [1.82, 2.24) is 4.90 Å². The summed E-state index contributed by atoms with van der Waals surface area (Å²) in [6.07, 6.45) is 0.740. The summed E-state index contributed by atoms with van der Waals surface area (Å²) in [4.78, 5) is 38.9. The van der Waals surface area contributed by atoms with Crippen molar-refractivity contribution in [2.24, 2.45) is 5.73 Å². The first-order valence-corrected chi connectivity index (χ1v) is 8.73. The molecule has 0 unspecified atom stereocenters. The summed E-state index contributed by atoms with van der Waals surface area (Å²) in [5.74, 6) is -0.910. The molecule has 0 spiro atoms. The van der Waals surface area contributed by atoms with Crippen LogP contribution >= 0.6 is 11.3 Å². The number of Topliss-reactive ketones (excluding diaryl/α,β-unsaturated/α-hetero) is 1. The van der Waals surface area contributed by atoms with Crippen LogP contribution in [0.4, 0.5) is 5.00 Å². The molecule has 130 valence electrons. The van der Waals surface area contributed by atoms with E-state index >= 15 is 0 Å². The highest BCUT2D eigenvalue weighted by atomic mass is 32.1. The molecule has 0 saturated heterocycles. The Hall–Kier alpha value is -2.51. The summed E-state index contributed by atoms with van der Waals surface area (Å²) in [6.45, 7) is 3.06. The number of primary amides is 1.